The zero-order valence-electron chi connectivity index (χ0n) is 18.1. The molecule has 0 N–H and O–H groups in total. The molecule has 2 saturated heterocycles. The standard InChI is InChI=1S/C24H21Cl2IN2O4S/c25-17-6-4-16(10-18(17)26)14-33-20-7-5-15(11-19(20)27)12-21-23(31)29(24(32)34-21)13-22(30)28-8-2-1-3-9-28/h4-7,10-12H,1-3,8-9,13-14H2/b21-12-. The third-order valence-corrected chi connectivity index (χ3v) is 8.00. The molecule has 2 aliphatic heterocycles. The second kappa shape index (κ2) is 11.3. The van der Waals surface area contributed by atoms with Crippen molar-refractivity contribution in [2.75, 3.05) is 19.6 Å². The summed E-state index contributed by atoms with van der Waals surface area (Å²) in [5.74, 6) is 0.0700. The first-order valence-electron chi connectivity index (χ1n) is 10.7. The van der Waals surface area contributed by atoms with Crippen LogP contribution in [-0.2, 0) is 16.2 Å². The van der Waals surface area contributed by atoms with E-state index in [1.165, 1.54) is 0 Å². The number of halogens is 3. The maximum Gasteiger partial charge on any atom is 0.294 e. The van der Waals surface area contributed by atoms with Gasteiger partial charge in [0.1, 0.15) is 18.9 Å². The molecule has 0 aliphatic carbocycles. The van der Waals surface area contributed by atoms with E-state index in [0.29, 0.717) is 40.4 Å². The van der Waals surface area contributed by atoms with Crippen molar-refractivity contribution < 1.29 is 19.1 Å². The minimum atomic E-state index is -0.435. The van der Waals surface area contributed by atoms with Gasteiger partial charge in [-0.3, -0.25) is 19.3 Å². The number of benzene rings is 2. The van der Waals surface area contributed by atoms with Crippen molar-refractivity contribution in [3.8, 4) is 5.75 Å². The molecule has 6 nitrogen and oxygen atoms in total. The summed E-state index contributed by atoms with van der Waals surface area (Å²) in [7, 11) is 0. The van der Waals surface area contributed by atoms with Gasteiger partial charge >= 0.3 is 0 Å². The van der Waals surface area contributed by atoms with Crippen LogP contribution in [0.3, 0.4) is 0 Å². The van der Waals surface area contributed by atoms with Crippen molar-refractivity contribution >= 4 is 80.7 Å². The van der Waals surface area contributed by atoms with Gasteiger partial charge in [-0.2, -0.15) is 0 Å². The number of ether oxygens (including phenoxy) is 1. The Hall–Kier alpha value is -1.75. The number of rotatable bonds is 6. The molecule has 0 aromatic heterocycles. The monoisotopic (exact) mass is 630 g/mol. The number of carbonyl (C=O) groups is 3. The Labute approximate surface area is 225 Å². The van der Waals surface area contributed by atoms with E-state index in [1.807, 2.05) is 24.3 Å². The number of imide groups is 1. The number of amides is 3. The minimum Gasteiger partial charge on any atom is -0.488 e. The highest BCUT2D eigenvalue weighted by molar-refractivity contribution is 14.1. The highest BCUT2D eigenvalue weighted by Crippen LogP contribution is 2.33. The van der Waals surface area contributed by atoms with E-state index in [1.54, 1.807) is 23.1 Å². The van der Waals surface area contributed by atoms with Crippen molar-refractivity contribution in [1.82, 2.24) is 9.80 Å². The Morgan fingerprint density at radius 2 is 1.82 bits per heavy atom. The Morgan fingerprint density at radius 1 is 1.06 bits per heavy atom. The molecule has 2 aromatic carbocycles. The maximum absolute atomic E-state index is 12.8. The zero-order valence-corrected chi connectivity index (χ0v) is 22.5. The van der Waals surface area contributed by atoms with Gasteiger partial charge in [-0.1, -0.05) is 35.3 Å². The van der Waals surface area contributed by atoms with Crippen LogP contribution in [0, 0.1) is 3.57 Å². The molecular formula is C24H21Cl2IN2O4S. The third kappa shape index (κ3) is 6.08. The van der Waals surface area contributed by atoms with Gasteiger partial charge in [0.25, 0.3) is 11.1 Å². The van der Waals surface area contributed by atoms with Gasteiger partial charge in [-0.05, 0) is 95.1 Å². The average molecular weight is 631 g/mol. The Balaban J connectivity index is 1.40. The summed E-state index contributed by atoms with van der Waals surface area (Å²) >= 11 is 15.0. The van der Waals surface area contributed by atoms with Crippen molar-refractivity contribution in [2.45, 2.75) is 25.9 Å². The van der Waals surface area contributed by atoms with Crippen LogP contribution < -0.4 is 4.74 Å². The molecule has 0 bridgehead atoms. The first-order valence-corrected chi connectivity index (χ1v) is 13.4. The first kappa shape index (κ1) is 25.3. The lowest BCUT2D eigenvalue weighted by atomic mass is 10.1. The molecule has 2 fully saturated rings. The summed E-state index contributed by atoms with van der Waals surface area (Å²) < 4.78 is 6.75. The molecular weight excluding hydrogens is 610 g/mol. The molecule has 34 heavy (non-hydrogen) atoms. The van der Waals surface area contributed by atoms with E-state index in [2.05, 4.69) is 22.6 Å². The molecule has 0 spiro atoms. The smallest absolute Gasteiger partial charge is 0.294 e. The minimum absolute atomic E-state index is 0.179. The lowest BCUT2D eigenvalue weighted by Crippen LogP contribution is -2.44. The summed E-state index contributed by atoms with van der Waals surface area (Å²) in [6.45, 7) is 1.49. The molecule has 4 rings (SSSR count). The van der Waals surface area contributed by atoms with E-state index in [9.17, 15) is 14.4 Å². The topological polar surface area (TPSA) is 66.9 Å². The van der Waals surface area contributed by atoms with Crippen molar-refractivity contribution in [3.05, 3.63) is 66.0 Å². The van der Waals surface area contributed by atoms with Crippen LogP contribution in [0.15, 0.2) is 41.3 Å². The normalized spacial score (nSPS) is 17.6. The predicted octanol–water partition coefficient (Wildman–Crippen LogP) is 6.23. The molecule has 0 atom stereocenters. The molecule has 0 saturated carbocycles. The van der Waals surface area contributed by atoms with Crippen molar-refractivity contribution in [3.63, 3.8) is 0 Å². The average Bonchev–Trinajstić information content (AvgIpc) is 3.08. The largest absolute Gasteiger partial charge is 0.488 e. The van der Waals surface area contributed by atoms with Gasteiger partial charge in [-0.25, -0.2) is 0 Å². The number of nitrogens with zero attached hydrogens (tertiary/aromatic N) is 2. The number of hydrogen-bond acceptors (Lipinski definition) is 5. The van der Waals surface area contributed by atoms with E-state index in [-0.39, 0.29) is 12.5 Å². The van der Waals surface area contributed by atoms with Gasteiger partial charge < -0.3 is 9.64 Å². The van der Waals surface area contributed by atoms with Crippen LogP contribution in [0.25, 0.3) is 6.08 Å². The van der Waals surface area contributed by atoms with Crippen LogP contribution in [0.4, 0.5) is 4.79 Å². The first-order chi connectivity index (χ1) is 16.3. The van der Waals surface area contributed by atoms with E-state index < -0.39 is 11.1 Å². The summed E-state index contributed by atoms with van der Waals surface area (Å²) in [5, 5.41) is 0.543. The number of likely N-dealkylation sites (tertiary alicyclic amines) is 1. The van der Waals surface area contributed by atoms with E-state index >= 15 is 0 Å². The summed E-state index contributed by atoms with van der Waals surface area (Å²) in [6, 6.07) is 10.8. The summed E-state index contributed by atoms with van der Waals surface area (Å²) in [4.78, 5) is 40.8. The SMILES string of the molecule is O=C(CN1C(=O)S/C(=C\c2ccc(OCc3ccc(Cl)c(Cl)c3)c(I)c2)C1=O)N1CCCCC1. The molecule has 2 aromatic rings. The van der Waals surface area contributed by atoms with Gasteiger partial charge in [-0.15, -0.1) is 0 Å². The van der Waals surface area contributed by atoms with E-state index in [4.69, 9.17) is 27.9 Å². The van der Waals surface area contributed by atoms with Crippen molar-refractivity contribution in [1.29, 1.82) is 0 Å². The fraction of sp³-hybridized carbons (Fsp3) is 0.292. The second-order valence-electron chi connectivity index (χ2n) is 7.94. The number of piperidine rings is 1. The van der Waals surface area contributed by atoms with Gasteiger partial charge in [0.2, 0.25) is 5.91 Å². The summed E-state index contributed by atoms with van der Waals surface area (Å²) in [6.07, 6.45) is 4.69. The fourth-order valence-electron chi connectivity index (χ4n) is 3.68. The van der Waals surface area contributed by atoms with Gasteiger partial charge in [0, 0.05) is 13.1 Å². The molecule has 2 aliphatic rings. The molecule has 3 amide bonds. The maximum atomic E-state index is 12.8. The quantitative estimate of drug-likeness (QED) is 0.280. The number of hydrogen-bond donors (Lipinski definition) is 0. The lowest BCUT2D eigenvalue weighted by molar-refractivity contribution is -0.136. The Bertz CT molecular complexity index is 1170. The van der Waals surface area contributed by atoms with Crippen molar-refractivity contribution in [2.24, 2.45) is 0 Å². The lowest BCUT2D eigenvalue weighted by Gasteiger charge is -2.27. The number of carbonyl (C=O) groups excluding carboxylic acids is 3. The fourth-order valence-corrected chi connectivity index (χ4v) is 5.53. The van der Waals surface area contributed by atoms with E-state index in [0.717, 1.165) is 50.6 Å². The highest BCUT2D eigenvalue weighted by Gasteiger charge is 2.37. The molecule has 10 heteroatoms. The number of thioether (sulfide) groups is 1. The molecule has 0 radical (unpaired) electrons. The Morgan fingerprint density at radius 3 is 2.53 bits per heavy atom. The molecule has 2 heterocycles. The van der Waals surface area contributed by atoms with Crippen LogP contribution in [0.5, 0.6) is 5.75 Å². The Kier molecular flexibility index (Phi) is 8.44. The molecule has 178 valence electrons. The van der Waals surface area contributed by atoms with Crippen LogP contribution in [0.1, 0.15) is 30.4 Å². The van der Waals surface area contributed by atoms with Crippen LogP contribution in [0.2, 0.25) is 10.0 Å². The van der Waals surface area contributed by atoms with Crippen LogP contribution in [-0.4, -0.2) is 46.5 Å². The van der Waals surface area contributed by atoms with Gasteiger partial charge in [0.05, 0.1) is 18.5 Å². The predicted molar refractivity (Wildman–Crippen MR) is 143 cm³/mol. The van der Waals surface area contributed by atoms with Crippen LogP contribution >= 0.6 is 57.6 Å². The van der Waals surface area contributed by atoms with Gasteiger partial charge in [0.15, 0.2) is 0 Å². The zero-order chi connectivity index (χ0) is 24.2. The third-order valence-electron chi connectivity index (χ3n) is 5.51. The summed E-state index contributed by atoms with van der Waals surface area (Å²) in [5.41, 5.74) is 1.65. The second-order valence-corrected chi connectivity index (χ2v) is 10.9. The molecule has 0 unspecified atom stereocenters. The highest BCUT2D eigenvalue weighted by atomic mass is 127.